The van der Waals surface area contributed by atoms with Crippen LogP contribution in [0.15, 0.2) is 30.3 Å². The number of benzene rings is 2. The van der Waals surface area contributed by atoms with Crippen LogP contribution >= 0.6 is 0 Å². The first kappa shape index (κ1) is 18.7. The minimum absolute atomic E-state index is 0.200. The van der Waals surface area contributed by atoms with E-state index in [0.717, 1.165) is 47.5 Å². The van der Waals surface area contributed by atoms with E-state index in [2.05, 4.69) is 23.7 Å². The summed E-state index contributed by atoms with van der Waals surface area (Å²) in [7, 11) is 0. The third-order valence-corrected chi connectivity index (χ3v) is 5.35. The lowest BCUT2D eigenvalue weighted by atomic mass is 10.1. The van der Waals surface area contributed by atoms with Gasteiger partial charge in [-0.3, -0.25) is 0 Å². The van der Waals surface area contributed by atoms with E-state index < -0.39 is 0 Å². The largest absolute Gasteiger partial charge is 0.462 e. The highest BCUT2D eigenvalue weighted by Gasteiger charge is 2.21. The molecule has 0 saturated carbocycles. The molecular weight excluding hydrogens is 386 g/mol. The van der Waals surface area contributed by atoms with Gasteiger partial charge in [-0.05, 0) is 37.4 Å². The van der Waals surface area contributed by atoms with Crippen LogP contribution in [0.25, 0.3) is 22.2 Å². The lowest BCUT2D eigenvalue weighted by Gasteiger charge is -2.17. The maximum Gasteiger partial charge on any atom is 0.317 e. The summed E-state index contributed by atoms with van der Waals surface area (Å²) in [6.07, 6.45) is 0. The molecule has 0 bridgehead atoms. The fourth-order valence-corrected chi connectivity index (χ4v) is 3.63. The first-order chi connectivity index (χ1) is 14.7. The maximum absolute atomic E-state index is 5.93. The Hall–Kier alpha value is -3.26. The Balaban J connectivity index is 1.55. The average molecular weight is 409 g/mol. The molecular formula is C22H23N3O5. The summed E-state index contributed by atoms with van der Waals surface area (Å²) >= 11 is 0. The molecule has 8 nitrogen and oxygen atoms in total. The highest BCUT2D eigenvalue weighted by molar-refractivity contribution is 5.95. The fourth-order valence-electron chi connectivity index (χ4n) is 3.63. The van der Waals surface area contributed by atoms with Crippen molar-refractivity contribution in [2.45, 2.75) is 13.8 Å². The second-order valence-electron chi connectivity index (χ2n) is 7.02. The van der Waals surface area contributed by atoms with E-state index in [4.69, 9.17) is 28.7 Å². The van der Waals surface area contributed by atoms with Gasteiger partial charge in [0, 0.05) is 23.6 Å². The van der Waals surface area contributed by atoms with Crippen LogP contribution < -0.4 is 23.7 Å². The summed E-state index contributed by atoms with van der Waals surface area (Å²) < 4.78 is 28.0. The lowest BCUT2D eigenvalue weighted by Crippen LogP contribution is -2.28. The molecule has 2 aliphatic rings. The molecule has 1 aromatic heterocycles. The molecule has 0 fully saturated rings. The van der Waals surface area contributed by atoms with Gasteiger partial charge in [-0.2, -0.15) is 9.97 Å². The Labute approximate surface area is 174 Å². The number of nitrogens with zero attached hydrogens (tertiary/aromatic N) is 3. The molecule has 0 unspecified atom stereocenters. The first-order valence-corrected chi connectivity index (χ1v) is 10.1. The van der Waals surface area contributed by atoms with E-state index >= 15 is 0 Å². The molecule has 0 N–H and O–H groups in total. The molecule has 0 radical (unpaired) electrons. The summed E-state index contributed by atoms with van der Waals surface area (Å²) in [5, 5.41) is 0.856. The zero-order valence-corrected chi connectivity index (χ0v) is 17.0. The molecule has 2 aromatic carbocycles. The Morgan fingerprint density at radius 2 is 1.57 bits per heavy atom. The normalized spacial score (nSPS) is 14.0. The van der Waals surface area contributed by atoms with Crippen molar-refractivity contribution in [2.75, 3.05) is 39.8 Å². The number of ether oxygens (including phenoxy) is 5. The van der Waals surface area contributed by atoms with E-state index in [0.29, 0.717) is 29.9 Å². The van der Waals surface area contributed by atoms with Crippen molar-refractivity contribution < 1.29 is 23.7 Å². The zero-order valence-electron chi connectivity index (χ0n) is 17.0. The van der Waals surface area contributed by atoms with E-state index in [1.165, 1.54) is 0 Å². The molecule has 8 heteroatoms. The van der Waals surface area contributed by atoms with Gasteiger partial charge in [0.05, 0.1) is 11.2 Å². The fraction of sp³-hybridized carbons (Fsp3) is 0.364. The minimum atomic E-state index is 0.200. The van der Waals surface area contributed by atoms with Crippen molar-refractivity contribution in [2.24, 2.45) is 0 Å². The molecule has 5 rings (SSSR count). The summed E-state index contributed by atoms with van der Waals surface area (Å²) in [6, 6.07) is 9.89. The molecule has 0 spiro atoms. The topological polar surface area (TPSA) is 75.2 Å². The molecule has 2 aliphatic heterocycles. The van der Waals surface area contributed by atoms with E-state index in [1.807, 2.05) is 30.3 Å². The van der Waals surface area contributed by atoms with Crippen LogP contribution in [0.5, 0.6) is 29.0 Å². The molecule has 0 aliphatic carbocycles. The summed E-state index contributed by atoms with van der Waals surface area (Å²) in [5.41, 5.74) is 2.37. The van der Waals surface area contributed by atoms with Gasteiger partial charge in [0.25, 0.3) is 0 Å². The van der Waals surface area contributed by atoms with Gasteiger partial charge in [-0.25, -0.2) is 0 Å². The number of aromatic nitrogens is 2. The second kappa shape index (κ2) is 7.87. The Kier molecular flexibility index (Phi) is 4.92. The monoisotopic (exact) mass is 409 g/mol. The Morgan fingerprint density at radius 3 is 2.33 bits per heavy atom. The van der Waals surface area contributed by atoms with Gasteiger partial charge in [0.1, 0.15) is 6.61 Å². The van der Waals surface area contributed by atoms with Crippen molar-refractivity contribution in [1.29, 1.82) is 0 Å². The van der Waals surface area contributed by atoms with E-state index in [-0.39, 0.29) is 13.6 Å². The Bertz CT molecular complexity index is 1080. The SMILES string of the molecule is CCN(CC)CCOc1nc(-c2ccc3c(c2)OCO3)c2cc3c(cc2n1)OCO3. The number of fused-ring (bicyclic) bond motifs is 3. The van der Waals surface area contributed by atoms with Crippen LogP contribution in [0.1, 0.15) is 13.8 Å². The van der Waals surface area contributed by atoms with Gasteiger partial charge in [-0.15, -0.1) is 0 Å². The predicted octanol–water partition coefficient (Wildman–Crippen LogP) is 3.47. The number of likely N-dealkylation sites (N-methyl/N-ethyl adjacent to an activating group) is 1. The predicted molar refractivity (Wildman–Crippen MR) is 111 cm³/mol. The molecule has 0 amide bonds. The van der Waals surface area contributed by atoms with Gasteiger partial charge in [0.15, 0.2) is 23.0 Å². The zero-order chi connectivity index (χ0) is 20.5. The first-order valence-electron chi connectivity index (χ1n) is 10.1. The maximum atomic E-state index is 5.93. The van der Waals surface area contributed by atoms with Crippen LogP contribution in [0, 0.1) is 0 Å². The molecule has 30 heavy (non-hydrogen) atoms. The van der Waals surface area contributed by atoms with Crippen LogP contribution in [0.2, 0.25) is 0 Å². The van der Waals surface area contributed by atoms with Crippen molar-refractivity contribution >= 4 is 10.9 Å². The van der Waals surface area contributed by atoms with Gasteiger partial charge in [-0.1, -0.05) is 13.8 Å². The molecule has 0 atom stereocenters. The summed E-state index contributed by atoms with van der Waals surface area (Å²) in [6.45, 7) is 7.97. The van der Waals surface area contributed by atoms with Gasteiger partial charge < -0.3 is 28.6 Å². The van der Waals surface area contributed by atoms with Gasteiger partial charge >= 0.3 is 6.01 Å². The smallest absolute Gasteiger partial charge is 0.317 e. The highest BCUT2D eigenvalue weighted by Crippen LogP contribution is 2.41. The molecule has 3 heterocycles. The van der Waals surface area contributed by atoms with Gasteiger partial charge in [0.2, 0.25) is 13.6 Å². The van der Waals surface area contributed by atoms with Crippen LogP contribution in [-0.4, -0.2) is 54.7 Å². The number of hydrogen-bond acceptors (Lipinski definition) is 8. The molecule has 156 valence electrons. The van der Waals surface area contributed by atoms with Crippen LogP contribution in [0.3, 0.4) is 0 Å². The lowest BCUT2D eigenvalue weighted by molar-refractivity contribution is 0.173. The summed E-state index contributed by atoms with van der Waals surface area (Å²) in [5.74, 6) is 2.78. The molecule has 3 aromatic rings. The number of hydrogen-bond donors (Lipinski definition) is 0. The van der Waals surface area contributed by atoms with Crippen LogP contribution in [0.4, 0.5) is 0 Å². The number of rotatable bonds is 7. The van der Waals surface area contributed by atoms with Crippen molar-refractivity contribution in [3.8, 4) is 40.3 Å². The average Bonchev–Trinajstić information content (AvgIpc) is 3.43. The standard InChI is InChI=1S/C22H23N3O5/c1-3-25(4-2)7-8-26-22-23-16-11-20-19(29-13-30-20)10-15(16)21(24-22)14-5-6-17-18(9-14)28-12-27-17/h5-6,9-11H,3-4,7-8,12-13H2,1-2H3. The third-order valence-electron chi connectivity index (χ3n) is 5.35. The van der Waals surface area contributed by atoms with Crippen molar-refractivity contribution in [3.05, 3.63) is 30.3 Å². The van der Waals surface area contributed by atoms with Crippen LogP contribution in [-0.2, 0) is 0 Å². The Morgan fingerprint density at radius 1 is 0.867 bits per heavy atom. The van der Waals surface area contributed by atoms with Crippen molar-refractivity contribution in [1.82, 2.24) is 14.9 Å². The van der Waals surface area contributed by atoms with E-state index in [1.54, 1.807) is 0 Å². The highest BCUT2D eigenvalue weighted by atomic mass is 16.7. The second-order valence-corrected chi connectivity index (χ2v) is 7.02. The third kappa shape index (κ3) is 3.43. The van der Waals surface area contributed by atoms with Crippen molar-refractivity contribution in [3.63, 3.8) is 0 Å². The molecule has 0 saturated heterocycles. The van der Waals surface area contributed by atoms with E-state index in [9.17, 15) is 0 Å². The summed E-state index contributed by atoms with van der Waals surface area (Å²) in [4.78, 5) is 11.6. The minimum Gasteiger partial charge on any atom is -0.462 e. The quantitative estimate of drug-likeness (QED) is 0.587.